The first-order valence-corrected chi connectivity index (χ1v) is 6.12. The number of nitrogens with zero attached hydrogens (tertiary/aromatic N) is 1. The van der Waals surface area contributed by atoms with Gasteiger partial charge in [0.05, 0.1) is 11.9 Å². The molecule has 1 heterocycles. The third-order valence-electron chi connectivity index (χ3n) is 2.73. The van der Waals surface area contributed by atoms with Gasteiger partial charge >= 0.3 is 0 Å². The lowest BCUT2D eigenvalue weighted by atomic mass is 10.1. The summed E-state index contributed by atoms with van der Waals surface area (Å²) < 4.78 is 0. The molecule has 1 aromatic carbocycles. The van der Waals surface area contributed by atoms with Gasteiger partial charge in [-0.25, -0.2) is 4.98 Å². The molecule has 0 aliphatic heterocycles. The van der Waals surface area contributed by atoms with Crippen molar-refractivity contribution in [2.45, 2.75) is 20.8 Å². The quantitative estimate of drug-likeness (QED) is 0.883. The molecule has 0 aliphatic rings. The van der Waals surface area contributed by atoms with E-state index >= 15 is 0 Å². The zero-order valence-electron chi connectivity index (χ0n) is 11.3. The fourth-order valence-electron chi connectivity index (χ4n) is 1.84. The Morgan fingerprint density at radius 3 is 2.53 bits per heavy atom. The van der Waals surface area contributed by atoms with E-state index in [0.29, 0.717) is 5.69 Å². The third-order valence-corrected chi connectivity index (χ3v) is 2.73. The van der Waals surface area contributed by atoms with Crippen molar-refractivity contribution in [2.75, 3.05) is 10.6 Å². The lowest BCUT2D eigenvalue weighted by molar-refractivity contribution is -0.114. The van der Waals surface area contributed by atoms with Crippen LogP contribution in [0.5, 0.6) is 0 Å². The number of anilines is 3. The Labute approximate surface area is 112 Å². The molecule has 0 atom stereocenters. The van der Waals surface area contributed by atoms with Crippen LogP contribution in [0, 0.1) is 13.8 Å². The van der Waals surface area contributed by atoms with Gasteiger partial charge in [-0.3, -0.25) is 4.79 Å². The number of pyridine rings is 1. The van der Waals surface area contributed by atoms with Crippen LogP contribution < -0.4 is 10.6 Å². The molecule has 19 heavy (non-hydrogen) atoms. The van der Waals surface area contributed by atoms with Gasteiger partial charge in [0.1, 0.15) is 5.82 Å². The number of carbonyl (C=O) groups is 1. The summed E-state index contributed by atoms with van der Waals surface area (Å²) >= 11 is 0. The minimum atomic E-state index is -0.100. The van der Waals surface area contributed by atoms with E-state index in [4.69, 9.17) is 0 Å². The lowest BCUT2D eigenvalue weighted by Crippen LogP contribution is -2.06. The first-order chi connectivity index (χ1) is 9.04. The lowest BCUT2D eigenvalue weighted by Gasteiger charge is -2.10. The average molecular weight is 255 g/mol. The van der Waals surface area contributed by atoms with Crippen LogP contribution >= 0.6 is 0 Å². The van der Waals surface area contributed by atoms with Gasteiger partial charge in [0.25, 0.3) is 0 Å². The summed E-state index contributed by atoms with van der Waals surface area (Å²) in [6.07, 6.45) is 1.63. The third kappa shape index (κ3) is 3.55. The number of amides is 1. The maximum Gasteiger partial charge on any atom is 0.221 e. The van der Waals surface area contributed by atoms with Gasteiger partial charge in [0, 0.05) is 12.6 Å². The highest BCUT2D eigenvalue weighted by Crippen LogP contribution is 2.20. The van der Waals surface area contributed by atoms with E-state index < -0.39 is 0 Å². The maximum absolute atomic E-state index is 10.9. The zero-order chi connectivity index (χ0) is 13.8. The van der Waals surface area contributed by atoms with Crippen LogP contribution in [0.1, 0.15) is 18.1 Å². The highest BCUT2D eigenvalue weighted by Gasteiger charge is 2.01. The number of carbonyl (C=O) groups excluding carboxylic acids is 1. The second-order valence-corrected chi connectivity index (χ2v) is 4.56. The molecule has 1 aromatic heterocycles. The predicted octanol–water partition coefficient (Wildman–Crippen LogP) is 3.40. The van der Waals surface area contributed by atoms with Crippen LogP contribution in [0.25, 0.3) is 0 Å². The molecule has 2 rings (SSSR count). The molecule has 0 unspecified atom stereocenters. The largest absolute Gasteiger partial charge is 0.340 e. The second-order valence-electron chi connectivity index (χ2n) is 4.56. The molecule has 0 fully saturated rings. The summed E-state index contributed by atoms with van der Waals surface area (Å²) in [5, 5.41) is 5.94. The maximum atomic E-state index is 10.9. The summed E-state index contributed by atoms with van der Waals surface area (Å²) in [5.74, 6) is 0.651. The van der Waals surface area contributed by atoms with Crippen LogP contribution in [0.3, 0.4) is 0 Å². The molecule has 98 valence electrons. The van der Waals surface area contributed by atoms with Crippen LogP contribution in [-0.2, 0) is 4.79 Å². The minimum absolute atomic E-state index is 0.100. The molecule has 1 amide bonds. The van der Waals surface area contributed by atoms with Crippen LogP contribution in [-0.4, -0.2) is 10.9 Å². The van der Waals surface area contributed by atoms with Gasteiger partial charge in [-0.2, -0.15) is 0 Å². The van der Waals surface area contributed by atoms with Crippen molar-refractivity contribution in [1.29, 1.82) is 0 Å². The number of aryl methyl sites for hydroxylation is 2. The Hall–Kier alpha value is -2.36. The molecule has 4 nitrogen and oxygen atoms in total. The topological polar surface area (TPSA) is 54.0 Å². The summed E-state index contributed by atoms with van der Waals surface area (Å²) in [4.78, 5) is 15.2. The molecule has 2 aromatic rings. The van der Waals surface area contributed by atoms with Gasteiger partial charge < -0.3 is 10.6 Å². The van der Waals surface area contributed by atoms with Gasteiger partial charge in [0.2, 0.25) is 5.91 Å². The molecule has 0 radical (unpaired) electrons. The van der Waals surface area contributed by atoms with Crippen molar-refractivity contribution in [3.05, 3.63) is 47.7 Å². The Balaban J connectivity index is 2.13. The monoisotopic (exact) mass is 255 g/mol. The zero-order valence-corrected chi connectivity index (χ0v) is 11.3. The number of aromatic nitrogens is 1. The number of benzene rings is 1. The van der Waals surface area contributed by atoms with E-state index in [1.807, 2.05) is 18.2 Å². The molecular formula is C15H17N3O. The first-order valence-electron chi connectivity index (χ1n) is 6.12. The second kappa shape index (κ2) is 5.52. The van der Waals surface area contributed by atoms with E-state index in [-0.39, 0.29) is 5.91 Å². The standard InChI is InChI=1S/C15H17N3O/c1-10-4-6-14(11(2)8-10)18-15-7-5-13(9-16-15)17-12(3)19/h4-9H,1-3H3,(H,16,18)(H,17,19). The van der Waals surface area contributed by atoms with E-state index in [2.05, 4.69) is 41.6 Å². The fourth-order valence-corrected chi connectivity index (χ4v) is 1.84. The molecule has 0 saturated carbocycles. The summed E-state index contributed by atoms with van der Waals surface area (Å²) in [6, 6.07) is 9.87. The van der Waals surface area contributed by atoms with Crippen molar-refractivity contribution in [3.8, 4) is 0 Å². The molecule has 0 aliphatic carbocycles. The Kier molecular flexibility index (Phi) is 3.80. The summed E-state index contributed by atoms with van der Waals surface area (Å²) in [7, 11) is 0. The number of hydrogen-bond donors (Lipinski definition) is 2. The summed E-state index contributed by atoms with van der Waals surface area (Å²) in [5.41, 5.74) is 4.13. The molecule has 4 heteroatoms. The first kappa shape index (κ1) is 13.1. The summed E-state index contributed by atoms with van der Waals surface area (Å²) in [6.45, 7) is 5.60. The average Bonchev–Trinajstić information content (AvgIpc) is 2.34. The van der Waals surface area contributed by atoms with Crippen LogP contribution in [0.2, 0.25) is 0 Å². The van der Waals surface area contributed by atoms with Gasteiger partial charge in [-0.05, 0) is 37.6 Å². The van der Waals surface area contributed by atoms with E-state index in [0.717, 1.165) is 11.5 Å². The van der Waals surface area contributed by atoms with Gasteiger partial charge in [-0.15, -0.1) is 0 Å². The van der Waals surface area contributed by atoms with Crippen molar-refractivity contribution in [1.82, 2.24) is 4.98 Å². The van der Waals surface area contributed by atoms with Crippen molar-refractivity contribution >= 4 is 23.1 Å². The number of nitrogens with one attached hydrogen (secondary N) is 2. The smallest absolute Gasteiger partial charge is 0.221 e. The predicted molar refractivity (Wildman–Crippen MR) is 77.7 cm³/mol. The molecule has 0 bridgehead atoms. The van der Waals surface area contributed by atoms with E-state index in [1.54, 1.807) is 6.20 Å². The Morgan fingerprint density at radius 2 is 1.95 bits per heavy atom. The fraction of sp³-hybridized carbons (Fsp3) is 0.200. The van der Waals surface area contributed by atoms with Gasteiger partial charge in [-0.1, -0.05) is 17.7 Å². The molecule has 0 saturated heterocycles. The highest BCUT2D eigenvalue weighted by molar-refractivity contribution is 5.88. The van der Waals surface area contributed by atoms with Crippen LogP contribution in [0.15, 0.2) is 36.5 Å². The SMILES string of the molecule is CC(=O)Nc1ccc(Nc2ccc(C)cc2C)nc1. The molecule has 2 N–H and O–H groups in total. The highest BCUT2D eigenvalue weighted by atomic mass is 16.1. The Bertz CT molecular complexity index is 591. The minimum Gasteiger partial charge on any atom is -0.340 e. The normalized spacial score (nSPS) is 10.1. The van der Waals surface area contributed by atoms with Crippen molar-refractivity contribution in [3.63, 3.8) is 0 Å². The number of hydrogen-bond acceptors (Lipinski definition) is 3. The van der Waals surface area contributed by atoms with E-state index in [1.165, 1.54) is 18.1 Å². The van der Waals surface area contributed by atoms with Gasteiger partial charge in [0.15, 0.2) is 0 Å². The van der Waals surface area contributed by atoms with Crippen molar-refractivity contribution in [2.24, 2.45) is 0 Å². The number of rotatable bonds is 3. The molecular weight excluding hydrogens is 238 g/mol. The van der Waals surface area contributed by atoms with E-state index in [9.17, 15) is 4.79 Å². The molecule has 0 spiro atoms. The Morgan fingerprint density at radius 1 is 1.16 bits per heavy atom. The van der Waals surface area contributed by atoms with Crippen molar-refractivity contribution < 1.29 is 4.79 Å². The van der Waals surface area contributed by atoms with Crippen LogP contribution in [0.4, 0.5) is 17.2 Å².